The molecule has 3 nitrogen and oxygen atoms in total. The Labute approximate surface area is 113 Å². The predicted molar refractivity (Wildman–Crippen MR) is 74.8 cm³/mol. The van der Waals surface area contributed by atoms with Gasteiger partial charge in [0.25, 0.3) is 0 Å². The van der Waals surface area contributed by atoms with Crippen LogP contribution in [0.25, 0.3) is 0 Å². The number of nitrogens with one attached hydrogen (secondary N) is 1. The average molecular weight is 267 g/mol. The molecule has 0 spiro atoms. The van der Waals surface area contributed by atoms with Gasteiger partial charge in [0.05, 0.1) is 10.7 Å². The SMILES string of the molecule is Cc1cccc(NC(=O)C2CCCC(N)C2)c1Cl. The fourth-order valence-corrected chi connectivity index (χ4v) is 2.62. The van der Waals surface area contributed by atoms with Crippen LogP contribution in [0.15, 0.2) is 18.2 Å². The largest absolute Gasteiger partial charge is 0.328 e. The molecule has 1 aliphatic carbocycles. The molecule has 0 saturated heterocycles. The third kappa shape index (κ3) is 3.03. The fourth-order valence-electron chi connectivity index (χ4n) is 2.44. The molecule has 1 aromatic rings. The van der Waals surface area contributed by atoms with E-state index in [1.54, 1.807) is 0 Å². The molecule has 1 saturated carbocycles. The first-order valence-corrected chi connectivity index (χ1v) is 6.77. The number of hydrogen-bond donors (Lipinski definition) is 2. The Hall–Kier alpha value is -1.06. The third-order valence-electron chi connectivity index (χ3n) is 3.54. The standard InChI is InChI=1S/C14H19ClN2O/c1-9-4-2-7-12(13(9)15)17-14(18)10-5-3-6-11(16)8-10/h2,4,7,10-11H,3,5-6,8,16H2,1H3,(H,17,18). The Balaban J connectivity index is 2.04. The number of carbonyl (C=O) groups excluding carboxylic acids is 1. The van der Waals surface area contributed by atoms with Crippen LogP contribution in [0, 0.1) is 12.8 Å². The van der Waals surface area contributed by atoms with E-state index >= 15 is 0 Å². The predicted octanol–water partition coefficient (Wildman–Crippen LogP) is 3.10. The molecule has 4 heteroatoms. The van der Waals surface area contributed by atoms with Crippen LogP contribution in [-0.4, -0.2) is 11.9 Å². The number of anilines is 1. The molecule has 2 unspecified atom stereocenters. The fraction of sp³-hybridized carbons (Fsp3) is 0.500. The van der Waals surface area contributed by atoms with Crippen LogP contribution < -0.4 is 11.1 Å². The highest BCUT2D eigenvalue weighted by Gasteiger charge is 2.25. The van der Waals surface area contributed by atoms with E-state index in [1.807, 2.05) is 25.1 Å². The van der Waals surface area contributed by atoms with E-state index in [0.717, 1.165) is 31.2 Å². The van der Waals surface area contributed by atoms with E-state index in [9.17, 15) is 4.79 Å². The van der Waals surface area contributed by atoms with Crippen LogP contribution >= 0.6 is 11.6 Å². The maximum absolute atomic E-state index is 12.2. The quantitative estimate of drug-likeness (QED) is 0.864. The van der Waals surface area contributed by atoms with Gasteiger partial charge >= 0.3 is 0 Å². The Morgan fingerprint density at radius 3 is 2.94 bits per heavy atom. The first kappa shape index (κ1) is 13.4. The van der Waals surface area contributed by atoms with Gasteiger partial charge in [-0.2, -0.15) is 0 Å². The molecule has 1 fully saturated rings. The van der Waals surface area contributed by atoms with Gasteiger partial charge in [-0.1, -0.05) is 30.2 Å². The van der Waals surface area contributed by atoms with Gasteiger partial charge in [0.1, 0.15) is 0 Å². The zero-order valence-corrected chi connectivity index (χ0v) is 11.3. The minimum absolute atomic E-state index is 0.0188. The molecule has 0 heterocycles. The van der Waals surface area contributed by atoms with Gasteiger partial charge in [0, 0.05) is 12.0 Å². The van der Waals surface area contributed by atoms with Crippen LogP contribution in [0.5, 0.6) is 0 Å². The van der Waals surface area contributed by atoms with Crippen molar-refractivity contribution in [3.8, 4) is 0 Å². The summed E-state index contributed by atoms with van der Waals surface area (Å²) in [5.41, 5.74) is 7.57. The monoisotopic (exact) mass is 266 g/mol. The van der Waals surface area contributed by atoms with Crippen LogP contribution in [0.2, 0.25) is 5.02 Å². The second kappa shape index (κ2) is 5.72. The molecular weight excluding hydrogens is 248 g/mol. The summed E-state index contributed by atoms with van der Waals surface area (Å²) in [7, 11) is 0. The lowest BCUT2D eigenvalue weighted by Crippen LogP contribution is -2.34. The van der Waals surface area contributed by atoms with Crippen molar-refractivity contribution in [1.29, 1.82) is 0 Å². The summed E-state index contributed by atoms with van der Waals surface area (Å²) < 4.78 is 0. The first-order chi connectivity index (χ1) is 8.58. The van der Waals surface area contributed by atoms with Crippen molar-refractivity contribution in [1.82, 2.24) is 0 Å². The zero-order chi connectivity index (χ0) is 13.1. The maximum Gasteiger partial charge on any atom is 0.227 e. The lowest BCUT2D eigenvalue weighted by atomic mass is 9.85. The van der Waals surface area contributed by atoms with Crippen molar-refractivity contribution in [2.24, 2.45) is 11.7 Å². The summed E-state index contributed by atoms with van der Waals surface area (Å²) in [6.07, 6.45) is 3.74. The highest BCUT2D eigenvalue weighted by atomic mass is 35.5. The van der Waals surface area contributed by atoms with Crippen LogP contribution in [0.3, 0.4) is 0 Å². The van der Waals surface area contributed by atoms with E-state index in [0.29, 0.717) is 10.7 Å². The summed E-state index contributed by atoms with van der Waals surface area (Å²) in [6, 6.07) is 5.80. The minimum atomic E-state index is 0.0188. The number of aryl methyl sites for hydroxylation is 1. The molecule has 98 valence electrons. The van der Waals surface area contributed by atoms with E-state index in [4.69, 9.17) is 17.3 Å². The van der Waals surface area contributed by atoms with Crippen molar-refractivity contribution in [2.75, 3.05) is 5.32 Å². The smallest absolute Gasteiger partial charge is 0.227 e. The summed E-state index contributed by atoms with van der Waals surface area (Å²) in [4.78, 5) is 12.2. The van der Waals surface area contributed by atoms with Gasteiger partial charge in [-0.15, -0.1) is 0 Å². The van der Waals surface area contributed by atoms with Crippen molar-refractivity contribution >= 4 is 23.2 Å². The molecule has 0 bridgehead atoms. The molecule has 2 rings (SSSR count). The van der Waals surface area contributed by atoms with E-state index in [1.165, 1.54) is 0 Å². The minimum Gasteiger partial charge on any atom is -0.328 e. The molecule has 0 aromatic heterocycles. The van der Waals surface area contributed by atoms with Gasteiger partial charge in [-0.3, -0.25) is 4.79 Å². The number of hydrogen-bond acceptors (Lipinski definition) is 2. The van der Waals surface area contributed by atoms with Crippen LogP contribution in [0.1, 0.15) is 31.2 Å². The second-order valence-electron chi connectivity index (χ2n) is 5.05. The van der Waals surface area contributed by atoms with Crippen molar-refractivity contribution in [3.63, 3.8) is 0 Å². The number of benzene rings is 1. The number of nitrogens with two attached hydrogens (primary N) is 1. The van der Waals surface area contributed by atoms with Gasteiger partial charge < -0.3 is 11.1 Å². The number of rotatable bonds is 2. The van der Waals surface area contributed by atoms with Crippen molar-refractivity contribution in [3.05, 3.63) is 28.8 Å². The molecule has 1 aromatic carbocycles. The topological polar surface area (TPSA) is 55.1 Å². The molecule has 0 aliphatic heterocycles. The number of amides is 1. The number of halogens is 1. The summed E-state index contributed by atoms with van der Waals surface area (Å²) in [5.74, 6) is 0.0583. The Morgan fingerprint density at radius 2 is 2.22 bits per heavy atom. The molecule has 3 N–H and O–H groups in total. The molecule has 2 atom stereocenters. The molecular formula is C14H19ClN2O. The lowest BCUT2D eigenvalue weighted by molar-refractivity contribution is -0.120. The first-order valence-electron chi connectivity index (χ1n) is 6.39. The third-order valence-corrected chi connectivity index (χ3v) is 4.04. The lowest BCUT2D eigenvalue weighted by Gasteiger charge is -2.25. The number of carbonyl (C=O) groups is 1. The highest BCUT2D eigenvalue weighted by Crippen LogP contribution is 2.28. The van der Waals surface area contributed by atoms with Crippen LogP contribution in [0.4, 0.5) is 5.69 Å². The molecule has 18 heavy (non-hydrogen) atoms. The van der Waals surface area contributed by atoms with E-state index in [2.05, 4.69) is 5.32 Å². The van der Waals surface area contributed by atoms with E-state index in [-0.39, 0.29) is 17.9 Å². The Bertz CT molecular complexity index is 447. The molecule has 0 radical (unpaired) electrons. The summed E-state index contributed by atoms with van der Waals surface area (Å²) in [5, 5.41) is 3.53. The van der Waals surface area contributed by atoms with Crippen molar-refractivity contribution < 1.29 is 4.79 Å². The Morgan fingerprint density at radius 1 is 1.44 bits per heavy atom. The van der Waals surface area contributed by atoms with Crippen LogP contribution in [-0.2, 0) is 4.79 Å². The van der Waals surface area contributed by atoms with Gasteiger partial charge in [-0.25, -0.2) is 0 Å². The molecule has 1 aliphatic rings. The van der Waals surface area contributed by atoms with Gasteiger partial charge in [0.2, 0.25) is 5.91 Å². The summed E-state index contributed by atoms with van der Waals surface area (Å²) >= 11 is 6.17. The second-order valence-corrected chi connectivity index (χ2v) is 5.43. The normalized spacial score (nSPS) is 23.7. The molecule has 1 amide bonds. The van der Waals surface area contributed by atoms with Gasteiger partial charge in [0.15, 0.2) is 0 Å². The van der Waals surface area contributed by atoms with Crippen molar-refractivity contribution in [2.45, 2.75) is 38.6 Å². The highest BCUT2D eigenvalue weighted by molar-refractivity contribution is 6.34. The Kier molecular flexibility index (Phi) is 4.25. The zero-order valence-electron chi connectivity index (χ0n) is 10.6. The average Bonchev–Trinajstić information content (AvgIpc) is 2.35. The van der Waals surface area contributed by atoms with Gasteiger partial charge in [-0.05, 0) is 37.8 Å². The van der Waals surface area contributed by atoms with E-state index < -0.39 is 0 Å². The summed E-state index contributed by atoms with van der Waals surface area (Å²) in [6.45, 7) is 1.93. The maximum atomic E-state index is 12.2.